The number of likely N-dealkylation sites (tertiary alicyclic amines) is 2. The number of piperidine rings is 1. The first-order valence-corrected chi connectivity index (χ1v) is 8.52. The monoisotopic (exact) mass is 432 g/mol. The van der Waals surface area contributed by atoms with Gasteiger partial charge in [-0.3, -0.25) is 9.89 Å². The molecule has 0 saturated carbocycles. The van der Waals surface area contributed by atoms with Gasteiger partial charge in [0, 0.05) is 51.7 Å². The van der Waals surface area contributed by atoms with E-state index in [1.54, 1.807) is 0 Å². The van der Waals surface area contributed by atoms with Crippen LogP contribution >= 0.6 is 24.0 Å². The first-order chi connectivity index (χ1) is 10.9. The van der Waals surface area contributed by atoms with Crippen LogP contribution in [0.15, 0.2) is 23.7 Å². The number of halogens is 1. The number of aromatic nitrogens is 2. The Labute approximate surface area is 156 Å². The van der Waals surface area contributed by atoms with Crippen molar-refractivity contribution in [1.82, 2.24) is 24.7 Å². The summed E-state index contributed by atoms with van der Waals surface area (Å²) >= 11 is 0. The average Bonchev–Trinajstić information content (AvgIpc) is 3.24. The Bertz CT molecular complexity index is 469. The van der Waals surface area contributed by atoms with E-state index in [1.165, 1.54) is 38.8 Å². The maximum absolute atomic E-state index is 4.46. The second-order valence-corrected chi connectivity index (χ2v) is 6.26. The highest BCUT2D eigenvalue weighted by atomic mass is 127. The van der Waals surface area contributed by atoms with E-state index < -0.39 is 0 Å². The van der Waals surface area contributed by atoms with Crippen molar-refractivity contribution in [2.45, 2.75) is 38.3 Å². The molecule has 0 aromatic carbocycles. The molecule has 23 heavy (non-hydrogen) atoms. The van der Waals surface area contributed by atoms with Gasteiger partial charge in [0.15, 0.2) is 5.96 Å². The van der Waals surface area contributed by atoms with Crippen molar-refractivity contribution in [2.75, 3.05) is 39.8 Å². The number of rotatable bonds is 4. The van der Waals surface area contributed by atoms with Crippen LogP contribution in [-0.2, 0) is 6.54 Å². The minimum absolute atomic E-state index is 0. The third kappa shape index (κ3) is 5.07. The van der Waals surface area contributed by atoms with Gasteiger partial charge in [-0.1, -0.05) is 6.42 Å². The summed E-state index contributed by atoms with van der Waals surface area (Å²) in [4.78, 5) is 13.6. The molecule has 3 rings (SSSR count). The van der Waals surface area contributed by atoms with Crippen molar-refractivity contribution >= 4 is 29.9 Å². The molecule has 7 heteroatoms. The number of hydrogen-bond acceptors (Lipinski definition) is 3. The van der Waals surface area contributed by atoms with Gasteiger partial charge in [0.1, 0.15) is 0 Å². The minimum Gasteiger partial charge on any atom is -0.354 e. The Balaban J connectivity index is 0.00000192. The Hall–Kier alpha value is -0.830. The topological polar surface area (TPSA) is 48.7 Å². The number of imidazole rings is 1. The van der Waals surface area contributed by atoms with Crippen LogP contribution in [0.1, 0.15) is 25.7 Å². The van der Waals surface area contributed by atoms with Gasteiger partial charge in [0.05, 0.1) is 6.33 Å². The molecule has 0 bridgehead atoms. The Kier molecular flexibility index (Phi) is 7.61. The first-order valence-electron chi connectivity index (χ1n) is 8.52. The normalized spacial score (nSPS) is 22.9. The van der Waals surface area contributed by atoms with Crippen LogP contribution in [0, 0.1) is 0 Å². The third-order valence-corrected chi connectivity index (χ3v) is 4.79. The quantitative estimate of drug-likeness (QED) is 0.447. The highest BCUT2D eigenvalue weighted by molar-refractivity contribution is 14.0. The van der Waals surface area contributed by atoms with E-state index in [0.717, 1.165) is 32.1 Å². The molecule has 130 valence electrons. The summed E-state index contributed by atoms with van der Waals surface area (Å²) in [6.45, 7) is 6.60. The van der Waals surface area contributed by atoms with Crippen LogP contribution in [0.25, 0.3) is 0 Å². The molecular formula is C16H29IN6. The first kappa shape index (κ1) is 18.5. The van der Waals surface area contributed by atoms with Crippen LogP contribution in [0.2, 0.25) is 0 Å². The summed E-state index contributed by atoms with van der Waals surface area (Å²) in [7, 11) is 1.88. The number of hydrogen-bond donors (Lipinski definition) is 1. The summed E-state index contributed by atoms with van der Waals surface area (Å²) in [6.07, 6.45) is 11.1. The van der Waals surface area contributed by atoms with Crippen molar-refractivity contribution in [3.63, 3.8) is 0 Å². The highest BCUT2D eigenvalue weighted by Gasteiger charge is 2.29. The summed E-state index contributed by atoms with van der Waals surface area (Å²) in [5, 5.41) is 3.48. The lowest BCUT2D eigenvalue weighted by Gasteiger charge is -2.32. The molecule has 0 spiro atoms. The molecule has 0 radical (unpaired) electrons. The molecule has 0 aliphatic carbocycles. The number of nitrogens with zero attached hydrogens (tertiary/aromatic N) is 5. The summed E-state index contributed by atoms with van der Waals surface area (Å²) in [5.41, 5.74) is 0. The second kappa shape index (κ2) is 9.46. The molecule has 3 heterocycles. The van der Waals surface area contributed by atoms with Gasteiger partial charge in [-0.15, -0.1) is 24.0 Å². The maximum Gasteiger partial charge on any atom is 0.193 e. The minimum atomic E-state index is 0. The van der Waals surface area contributed by atoms with Crippen LogP contribution < -0.4 is 5.32 Å². The van der Waals surface area contributed by atoms with Crippen molar-refractivity contribution in [3.8, 4) is 0 Å². The van der Waals surface area contributed by atoms with Gasteiger partial charge in [0.25, 0.3) is 0 Å². The smallest absolute Gasteiger partial charge is 0.193 e. The molecule has 1 atom stereocenters. The molecule has 2 aliphatic rings. The molecule has 1 aromatic rings. The van der Waals surface area contributed by atoms with Crippen LogP contribution in [0.5, 0.6) is 0 Å². The van der Waals surface area contributed by atoms with E-state index in [2.05, 4.69) is 29.7 Å². The number of nitrogens with one attached hydrogen (secondary N) is 1. The maximum atomic E-state index is 4.46. The van der Waals surface area contributed by atoms with E-state index in [4.69, 9.17) is 0 Å². The summed E-state index contributed by atoms with van der Waals surface area (Å²) in [5.74, 6) is 1.04. The SMILES string of the molecule is CN=C(NCCn1ccnc1)N1CCC(N2CCCCC2)C1.I. The number of aliphatic imine (C=N–C) groups is 1. The zero-order chi connectivity index (χ0) is 15.2. The zero-order valence-corrected chi connectivity index (χ0v) is 16.4. The Morgan fingerprint density at radius 2 is 2.09 bits per heavy atom. The van der Waals surface area contributed by atoms with Gasteiger partial charge in [-0.05, 0) is 32.4 Å². The Morgan fingerprint density at radius 3 is 2.78 bits per heavy atom. The van der Waals surface area contributed by atoms with Crippen molar-refractivity contribution in [2.24, 2.45) is 4.99 Å². The lowest BCUT2D eigenvalue weighted by molar-refractivity contribution is 0.168. The second-order valence-electron chi connectivity index (χ2n) is 6.26. The summed E-state index contributed by atoms with van der Waals surface area (Å²) < 4.78 is 2.08. The lowest BCUT2D eigenvalue weighted by atomic mass is 10.1. The van der Waals surface area contributed by atoms with Gasteiger partial charge >= 0.3 is 0 Å². The van der Waals surface area contributed by atoms with E-state index >= 15 is 0 Å². The third-order valence-electron chi connectivity index (χ3n) is 4.79. The van der Waals surface area contributed by atoms with Gasteiger partial charge < -0.3 is 14.8 Å². The fraction of sp³-hybridized carbons (Fsp3) is 0.750. The fourth-order valence-electron chi connectivity index (χ4n) is 3.56. The fourth-order valence-corrected chi connectivity index (χ4v) is 3.56. The molecule has 6 nitrogen and oxygen atoms in total. The zero-order valence-electron chi connectivity index (χ0n) is 14.0. The molecule has 2 saturated heterocycles. The molecule has 1 aromatic heterocycles. The summed E-state index contributed by atoms with van der Waals surface area (Å²) in [6, 6.07) is 0.715. The Morgan fingerprint density at radius 1 is 1.26 bits per heavy atom. The predicted molar refractivity (Wildman–Crippen MR) is 104 cm³/mol. The van der Waals surface area contributed by atoms with E-state index in [-0.39, 0.29) is 24.0 Å². The predicted octanol–water partition coefficient (Wildman–Crippen LogP) is 1.64. The molecule has 1 unspecified atom stereocenters. The van der Waals surface area contributed by atoms with Crippen molar-refractivity contribution < 1.29 is 0 Å². The van der Waals surface area contributed by atoms with E-state index in [0.29, 0.717) is 6.04 Å². The van der Waals surface area contributed by atoms with E-state index in [1.807, 2.05) is 25.8 Å². The lowest BCUT2D eigenvalue weighted by Crippen LogP contribution is -2.45. The molecule has 2 aliphatic heterocycles. The highest BCUT2D eigenvalue weighted by Crippen LogP contribution is 2.20. The van der Waals surface area contributed by atoms with Crippen LogP contribution in [0.4, 0.5) is 0 Å². The molecule has 2 fully saturated rings. The van der Waals surface area contributed by atoms with Crippen LogP contribution in [0.3, 0.4) is 0 Å². The average molecular weight is 432 g/mol. The van der Waals surface area contributed by atoms with Gasteiger partial charge in [0.2, 0.25) is 0 Å². The van der Waals surface area contributed by atoms with Crippen LogP contribution in [-0.4, -0.2) is 71.1 Å². The van der Waals surface area contributed by atoms with Crippen molar-refractivity contribution in [1.29, 1.82) is 0 Å². The molecule has 1 N–H and O–H groups in total. The standard InChI is InChI=1S/C16H28N6.HI/c1-17-16(19-7-12-20-11-6-18-14-20)22-10-5-15(13-22)21-8-3-2-4-9-21;/h6,11,14-15H,2-5,7-10,12-13H2,1H3,(H,17,19);1H. The molecular weight excluding hydrogens is 403 g/mol. The molecule has 0 amide bonds. The largest absolute Gasteiger partial charge is 0.354 e. The number of guanidine groups is 1. The van der Waals surface area contributed by atoms with E-state index in [9.17, 15) is 0 Å². The van der Waals surface area contributed by atoms with Gasteiger partial charge in [-0.25, -0.2) is 4.98 Å². The van der Waals surface area contributed by atoms with Crippen molar-refractivity contribution in [3.05, 3.63) is 18.7 Å². The van der Waals surface area contributed by atoms with Gasteiger partial charge in [-0.2, -0.15) is 0 Å².